The lowest BCUT2D eigenvalue weighted by atomic mass is 9.96. The van der Waals surface area contributed by atoms with Crippen LogP contribution < -0.4 is 10.1 Å². The highest BCUT2D eigenvalue weighted by Gasteiger charge is 2.24. The molecule has 6 nitrogen and oxygen atoms in total. The second-order valence-electron chi connectivity index (χ2n) is 7.53. The van der Waals surface area contributed by atoms with E-state index in [2.05, 4.69) is 15.5 Å². The number of benzene rings is 1. The van der Waals surface area contributed by atoms with Gasteiger partial charge in [0.05, 0.1) is 17.7 Å². The molecule has 1 atom stereocenters. The Hall–Kier alpha value is -2.08. The molecule has 2 aromatic rings. The predicted molar refractivity (Wildman–Crippen MR) is 98.4 cm³/mol. The number of para-hydroxylation sites is 1. The quantitative estimate of drug-likeness (QED) is 0.871. The molecule has 0 spiro atoms. The van der Waals surface area contributed by atoms with Gasteiger partial charge >= 0.3 is 0 Å². The number of carbonyl (C=O) groups excluding carboxylic acids is 1. The highest BCUT2D eigenvalue weighted by molar-refractivity contribution is 6.32. The summed E-state index contributed by atoms with van der Waals surface area (Å²) in [6.45, 7) is 6.65. The van der Waals surface area contributed by atoms with Gasteiger partial charge in [0.15, 0.2) is 5.82 Å². The predicted octanol–water partition coefficient (Wildman–Crippen LogP) is 3.98. The molecule has 1 aromatic carbocycles. The Morgan fingerprint density at radius 2 is 2.19 bits per heavy atom. The third-order valence-corrected chi connectivity index (χ3v) is 4.59. The fraction of sp³-hybridized carbons (Fsp3) is 0.526. The van der Waals surface area contributed by atoms with Crippen LogP contribution in [0, 0.1) is 0 Å². The summed E-state index contributed by atoms with van der Waals surface area (Å²) in [7, 11) is 0. The molecule has 0 saturated heterocycles. The number of aryl methyl sites for hydroxylation is 1. The van der Waals surface area contributed by atoms with E-state index in [4.69, 9.17) is 20.9 Å². The van der Waals surface area contributed by atoms with Gasteiger partial charge in [-0.05, 0) is 18.9 Å². The van der Waals surface area contributed by atoms with Crippen molar-refractivity contribution in [2.75, 3.05) is 6.61 Å². The molecule has 0 saturated carbocycles. The molecule has 0 aliphatic carbocycles. The van der Waals surface area contributed by atoms with Gasteiger partial charge in [0.25, 0.3) is 0 Å². The molecular formula is C19H24ClN3O3. The van der Waals surface area contributed by atoms with Gasteiger partial charge in [0.2, 0.25) is 11.8 Å². The first kappa shape index (κ1) is 18.7. The number of halogens is 1. The second-order valence-corrected chi connectivity index (χ2v) is 7.94. The molecule has 1 N–H and O–H groups in total. The summed E-state index contributed by atoms with van der Waals surface area (Å²) >= 11 is 6.23. The topological polar surface area (TPSA) is 77.2 Å². The van der Waals surface area contributed by atoms with Crippen molar-refractivity contribution in [1.29, 1.82) is 0 Å². The molecule has 26 heavy (non-hydrogen) atoms. The Kier molecular flexibility index (Phi) is 5.51. The lowest BCUT2D eigenvalue weighted by Gasteiger charge is -2.18. The number of fused-ring (bicyclic) bond motifs is 1. The van der Waals surface area contributed by atoms with Crippen molar-refractivity contribution in [3.8, 4) is 5.75 Å². The molecule has 7 heteroatoms. The van der Waals surface area contributed by atoms with Crippen molar-refractivity contribution >= 4 is 17.5 Å². The van der Waals surface area contributed by atoms with Crippen LogP contribution in [0.4, 0.5) is 0 Å². The summed E-state index contributed by atoms with van der Waals surface area (Å²) < 4.78 is 11.0. The lowest BCUT2D eigenvalue weighted by molar-refractivity contribution is -0.121. The van der Waals surface area contributed by atoms with E-state index < -0.39 is 0 Å². The largest absolute Gasteiger partial charge is 0.492 e. The Labute approximate surface area is 158 Å². The summed E-state index contributed by atoms with van der Waals surface area (Å²) in [6, 6.07) is 5.52. The number of hydrogen-bond acceptors (Lipinski definition) is 5. The minimum atomic E-state index is -0.173. The average molecular weight is 378 g/mol. The molecular weight excluding hydrogens is 354 g/mol. The first-order valence-electron chi connectivity index (χ1n) is 8.88. The third kappa shape index (κ3) is 4.36. The van der Waals surface area contributed by atoms with Crippen LogP contribution in [-0.4, -0.2) is 22.7 Å². The molecule has 0 bridgehead atoms. The lowest BCUT2D eigenvalue weighted by Crippen LogP contribution is -2.28. The maximum absolute atomic E-state index is 12.4. The van der Waals surface area contributed by atoms with Crippen molar-refractivity contribution in [3.05, 3.63) is 40.5 Å². The molecule has 140 valence electrons. The zero-order valence-corrected chi connectivity index (χ0v) is 16.1. The highest BCUT2D eigenvalue weighted by atomic mass is 35.5. The number of aromatic nitrogens is 2. The number of nitrogens with zero attached hydrogens (tertiary/aromatic N) is 2. The van der Waals surface area contributed by atoms with Crippen LogP contribution in [0.1, 0.15) is 63.4 Å². The minimum Gasteiger partial charge on any atom is -0.492 e. The molecule has 1 unspecified atom stereocenters. The first-order valence-corrected chi connectivity index (χ1v) is 9.26. The Balaban J connectivity index is 1.62. The van der Waals surface area contributed by atoms with Gasteiger partial charge in [-0.3, -0.25) is 4.79 Å². The summed E-state index contributed by atoms with van der Waals surface area (Å²) in [5, 5.41) is 7.64. The van der Waals surface area contributed by atoms with Crippen LogP contribution in [0.5, 0.6) is 5.75 Å². The number of carbonyl (C=O) groups is 1. The summed E-state index contributed by atoms with van der Waals surface area (Å²) in [6.07, 6.45) is 2.38. The van der Waals surface area contributed by atoms with Gasteiger partial charge in [0.1, 0.15) is 5.75 Å². The van der Waals surface area contributed by atoms with Crippen LogP contribution in [0.2, 0.25) is 5.02 Å². The van der Waals surface area contributed by atoms with E-state index in [1.54, 1.807) is 6.07 Å². The van der Waals surface area contributed by atoms with Crippen molar-refractivity contribution in [1.82, 2.24) is 15.5 Å². The molecule has 0 radical (unpaired) electrons. The van der Waals surface area contributed by atoms with E-state index in [-0.39, 0.29) is 17.4 Å². The van der Waals surface area contributed by atoms with Crippen molar-refractivity contribution < 1.29 is 14.1 Å². The first-order chi connectivity index (χ1) is 12.3. The van der Waals surface area contributed by atoms with E-state index in [1.165, 1.54) is 0 Å². The number of ether oxygens (including phenoxy) is 1. The van der Waals surface area contributed by atoms with Gasteiger partial charge in [0, 0.05) is 23.8 Å². The van der Waals surface area contributed by atoms with Crippen molar-refractivity contribution in [2.24, 2.45) is 0 Å². The maximum atomic E-state index is 12.4. The Morgan fingerprint density at radius 3 is 2.92 bits per heavy atom. The third-order valence-electron chi connectivity index (χ3n) is 4.30. The van der Waals surface area contributed by atoms with E-state index >= 15 is 0 Å². The van der Waals surface area contributed by atoms with Gasteiger partial charge in [-0.15, -0.1) is 0 Å². The standard InChI is InChI=1S/C19H24ClN3O3/c1-19(2,3)18-22-16(26-23-18)10-9-15(24)21-14-8-5-11-25-17-12(14)6-4-7-13(17)20/h4,6-7,14H,5,8-11H2,1-3H3,(H,21,24). The van der Waals surface area contributed by atoms with E-state index in [1.807, 2.05) is 32.9 Å². The summed E-state index contributed by atoms with van der Waals surface area (Å²) in [5.74, 6) is 1.75. The average Bonchev–Trinajstić information content (AvgIpc) is 2.97. The molecule has 1 aliphatic rings. The number of hydrogen-bond donors (Lipinski definition) is 1. The minimum absolute atomic E-state index is 0.0571. The van der Waals surface area contributed by atoms with E-state index in [0.29, 0.717) is 41.9 Å². The fourth-order valence-corrected chi connectivity index (χ4v) is 3.10. The maximum Gasteiger partial charge on any atom is 0.227 e. The zero-order chi connectivity index (χ0) is 18.7. The summed E-state index contributed by atoms with van der Waals surface area (Å²) in [4.78, 5) is 16.8. The van der Waals surface area contributed by atoms with Gasteiger partial charge in [-0.2, -0.15) is 4.98 Å². The van der Waals surface area contributed by atoms with E-state index in [0.717, 1.165) is 18.4 Å². The fourth-order valence-electron chi connectivity index (χ4n) is 2.87. The van der Waals surface area contributed by atoms with Crippen LogP contribution in [0.15, 0.2) is 22.7 Å². The van der Waals surface area contributed by atoms with Gasteiger partial charge < -0.3 is 14.6 Å². The highest BCUT2D eigenvalue weighted by Crippen LogP contribution is 2.36. The monoisotopic (exact) mass is 377 g/mol. The van der Waals surface area contributed by atoms with Crippen LogP contribution in [0.25, 0.3) is 0 Å². The normalized spacial score (nSPS) is 17.2. The number of nitrogens with one attached hydrogen (secondary N) is 1. The molecule has 1 aromatic heterocycles. The molecule has 1 aliphatic heterocycles. The number of amides is 1. The molecule has 3 rings (SSSR count). The smallest absolute Gasteiger partial charge is 0.227 e. The van der Waals surface area contributed by atoms with Crippen molar-refractivity contribution in [2.45, 2.75) is 57.9 Å². The summed E-state index contributed by atoms with van der Waals surface area (Å²) in [5.41, 5.74) is 0.754. The molecule has 1 amide bonds. The molecule has 2 heterocycles. The second kappa shape index (κ2) is 7.66. The Bertz CT molecular complexity index is 783. The molecule has 0 fully saturated rings. The number of rotatable bonds is 4. The van der Waals surface area contributed by atoms with E-state index in [9.17, 15) is 4.79 Å². The van der Waals surface area contributed by atoms with Gasteiger partial charge in [-0.25, -0.2) is 0 Å². The van der Waals surface area contributed by atoms with Crippen LogP contribution >= 0.6 is 11.6 Å². The SMILES string of the molecule is CC(C)(C)c1noc(CCC(=O)NC2CCCOc3c(Cl)cccc32)n1. The zero-order valence-electron chi connectivity index (χ0n) is 15.3. The van der Waals surface area contributed by atoms with Crippen LogP contribution in [-0.2, 0) is 16.6 Å². The van der Waals surface area contributed by atoms with Crippen molar-refractivity contribution in [3.63, 3.8) is 0 Å². The van der Waals surface area contributed by atoms with Gasteiger partial charge in [-0.1, -0.05) is 49.7 Å². The van der Waals surface area contributed by atoms with Crippen LogP contribution in [0.3, 0.4) is 0 Å². The Morgan fingerprint density at radius 1 is 1.38 bits per heavy atom.